The zero-order chi connectivity index (χ0) is 22.3. The summed E-state index contributed by atoms with van der Waals surface area (Å²) in [6.07, 6.45) is 3.91. The molecule has 5 rings (SSSR count). The van der Waals surface area contributed by atoms with Gasteiger partial charge in [-0.15, -0.1) is 11.3 Å². The number of benzene rings is 1. The van der Waals surface area contributed by atoms with Gasteiger partial charge in [-0.25, -0.2) is 13.1 Å². The fourth-order valence-corrected chi connectivity index (χ4v) is 7.26. The monoisotopic (exact) mass is 472 g/mol. The van der Waals surface area contributed by atoms with Gasteiger partial charge in [-0.05, 0) is 68.1 Å². The van der Waals surface area contributed by atoms with Crippen molar-refractivity contribution in [3.8, 4) is 10.6 Å². The second kappa shape index (κ2) is 8.62. The molecule has 3 aromatic rings. The number of thiophene rings is 1. The Labute approximate surface area is 193 Å². The number of aromatic nitrogens is 1. The maximum Gasteiger partial charge on any atom is 0.250 e. The number of piperazine rings is 1. The Balaban J connectivity index is 1.36. The maximum atomic E-state index is 13.1. The van der Waals surface area contributed by atoms with E-state index in [-0.39, 0.29) is 6.04 Å². The van der Waals surface area contributed by atoms with Gasteiger partial charge in [0.25, 0.3) is 0 Å². The Morgan fingerprint density at radius 3 is 2.66 bits per heavy atom. The van der Waals surface area contributed by atoms with Crippen LogP contribution in [-0.2, 0) is 22.9 Å². The Hall–Kier alpha value is -2.20. The van der Waals surface area contributed by atoms with Gasteiger partial charge in [-0.2, -0.15) is 0 Å². The van der Waals surface area contributed by atoms with Crippen molar-refractivity contribution in [3.63, 3.8) is 0 Å². The summed E-state index contributed by atoms with van der Waals surface area (Å²) in [5.74, 6) is 0. The molecule has 0 bridgehead atoms. The second-order valence-electron chi connectivity index (χ2n) is 8.71. The van der Waals surface area contributed by atoms with Crippen molar-refractivity contribution in [3.05, 3.63) is 53.3 Å². The van der Waals surface area contributed by atoms with Gasteiger partial charge in [0.05, 0.1) is 4.88 Å². The van der Waals surface area contributed by atoms with Gasteiger partial charge >= 0.3 is 0 Å². The number of fused-ring (bicyclic) bond motifs is 1. The van der Waals surface area contributed by atoms with E-state index in [0.29, 0.717) is 9.90 Å². The fourth-order valence-electron chi connectivity index (χ4n) is 4.70. The standard InChI is InChI=1S/C23H28N4O3S2/c1-16-3-6-21(27-12-10-26(2)11-13-27)19-15-17(4-5-18(16)19)25-32(28,29)23-8-7-22(31-23)20-9-14-30-24-20/h3,6-9,14,17,25H,4-5,10-13,15H2,1-2H3/t17-/m1/s1. The van der Waals surface area contributed by atoms with Crippen molar-refractivity contribution in [2.45, 2.75) is 36.4 Å². The summed E-state index contributed by atoms with van der Waals surface area (Å²) in [7, 11) is -1.44. The lowest BCUT2D eigenvalue weighted by molar-refractivity contribution is 0.312. The van der Waals surface area contributed by atoms with Crippen molar-refractivity contribution >= 4 is 27.0 Å². The summed E-state index contributed by atoms with van der Waals surface area (Å²) in [4.78, 5) is 5.59. The molecule has 1 fully saturated rings. The molecule has 0 radical (unpaired) electrons. The highest BCUT2D eigenvalue weighted by molar-refractivity contribution is 7.91. The highest BCUT2D eigenvalue weighted by Crippen LogP contribution is 2.35. The summed E-state index contributed by atoms with van der Waals surface area (Å²) >= 11 is 1.21. The number of rotatable bonds is 5. The molecule has 0 saturated carbocycles. The molecule has 1 saturated heterocycles. The molecule has 3 heterocycles. The van der Waals surface area contributed by atoms with Crippen LogP contribution in [0.15, 0.2) is 45.3 Å². The highest BCUT2D eigenvalue weighted by Gasteiger charge is 2.29. The van der Waals surface area contributed by atoms with E-state index in [4.69, 9.17) is 4.52 Å². The fraction of sp³-hybridized carbons (Fsp3) is 0.435. The zero-order valence-corrected chi connectivity index (χ0v) is 20.0. The molecule has 1 atom stereocenters. The lowest BCUT2D eigenvalue weighted by Gasteiger charge is -2.37. The summed E-state index contributed by atoms with van der Waals surface area (Å²) in [6, 6.07) is 9.48. The third-order valence-corrected chi connectivity index (χ3v) is 9.66. The number of likely N-dealkylation sites (N-methyl/N-ethyl adjacent to an activating group) is 1. The molecule has 0 unspecified atom stereocenters. The van der Waals surface area contributed by atoms with Crippen LogP contribution >= 0.6 is 11.3 Å². The average molecular weight is 473 g/mol. The van der Waals surface area contributed by atoms with Gasteiger partial charge in [0.2, 0.25) is 10.0 Å². The summed E-state index contributed by atoms with van der Waals surface area (Å²) in [6.45, 7) is 6.26. The van der Waals surface area contributed by atoms with Crippen molar-refractivity contribution in [2.75, 3.05) is 38.1 Å². The first kappa shape index (κ1) is 21.6. The molecule has 0 amide bonds. The van der Waals surface area contributed by atoms with E-state index in [1.54, 1.807) is 18.2 Å². The minimum absolute atomic E-state index is 0.113. The van der Waals surface area contributed by atoms with Gasteiger partial charge in [0.1, 0.15) is 16.2 Å². The van der Waals surface area contributed by atoms with E-state index in [1.165, 1.54) is 40.0 Å². The smallest absolute Gasteiger partial charge is 0.250 e. The van der Waals surface area contributed by atoms with E-state index >= 15 is 0 Å². The minimum atomic E-state index is -3.60. The molecule has 2 aliphatic rings. The number of hydrogen-bond donors (Lipinski definition) is 1. The maximum absolute atomic E-state index is 13.1. The van der Waals surface area contributed by atoms with Crippen LogP contribution in [0.5, 0.6) is 0 Å². The van der Waals surface area contributed by atoms with Gasteiger partial charge < -0.3 is 14.3 Å². The van der Waals surface area contributed by atoms with Crippen molar-refractivity contribution in [1.29, 1.82) is 0 Å². The minimum Gasteiger partial charge on any atom is -0.369 e. The first-order valence-corrected chi connectivity index (χ1v) is 13.3. The zero-order valence-electron chi connectivity index (χ0n) is 18.4. The number of aryl methyl sites for hydroxylation is 1. The third kappa shape index (κ3) is 4.22. The molecule has 0 spiro atoms. The first-order chi connectivity index (χ1) is 15.4. The van der Waals surface area contributed by atoms with Gasteiger partial charge in [-0.3, -0.25) is 0 Å². The molecule has 1 aliphatic heterocycles. The van der Waals surface area contributed by atoms with Crippen molar-refractivity contribution < 1.29 is 12.9 Å². The first-order valence-electron chi connectivity index (χ1n) is 11.0. The quantitative estimate of drug-likeness (QED) is 0.614. The third-order valence-electron chi connectivity index (χ3n) is 6.54. The largest absolute Gasteiger partial charge is 0.369 e. The SMILES string of the molecule is Cc1ccc(N2CCN(C)CC2)c2c1CC[C@@H](NS(=O)(=O)c1ccc(-c3ccon3)s1)C2. The molecule has 7 nitrogen and oxygen atoms in total. The number of nitrogens with zero attached hydrogens (tertiary/aromatic N) is 3. The molecular weight excluding hydrogens is 444 g/mol. The molecule has 1 aromatic carbocycles. The Kier molecular flexibility index (Phi) is 5.83. The van der Waals surface area contributed by atoms with Crippen molar-refractivity contribution in [1.82, 2.24) is 14.8 Å². The van der Waals surface area contributed by atoms with Crippen LogP contribution in [-0.4, -0.2) is 57.7 Å². The summed E-state index contributed by atoms with van der Waals surface area (Å²) in [5.41, 5.74) is 5.92. The van der Waals surface area contributed by atoms with Crippen LogP contribution in [0, 0.1) is 6.92 Å². The molecule has 170 valence electrons. The van der Waals surface area contributed by atoms with Crippen LogP contribution in [0.1, 0.15) is 23.1 Å². The van der Waals surface area contributed by atoms with Crippen LogP contribution in [0.3, 0.4) is 0 Å². The van der Waals surface area contributed by atoms with E-state index in [0.717, 1.165) is 50.3 Å². The topological polar surface area (TPSA) is 78.7 Å². The number of hydrogen-bond acceptors (Lipinski definition) is 7. The van der Waals surface area contributed by atoms with E-state index in [9.17, 15) is 8.42 Å². The molecule has 1 aliphatic carbocycles. The predicted molar refractivity (Wildman–Crippen MR) is 127 cm³/mol. The lowest BCUT2D eigenvalue weighted by Crippen LogP contribution is -2.45. The van der Waals surface area contributed by atoms with Crippen molar-refractivity contribution in [2.24, 2.45) is 0 Å². The van der Waals surface area contributed by atoms with Gasteiger partial charge in [0.15, 0.2) is 0 Å². The van der Waals surface area contributed by atoms with Gasteiger partial charge in [0, 0.05) is 44.0 Å². The summed E-state index contributed by atoms with van der Waals surface area (Å²) < 4.78 is 34.4. The van der Waals surface area contributed by atoms with Crippen LogP contribution in [0.4, 0.5) is 5.69 Å². The summed E-state index contributed by atoms with van der Waals surface area (Å²) in [5, 5.41) is 3.90. The lowest BCUT2D eigenvalue weighted by atomic mass is 9.84. The Bertz CT molecular complexity index is 1200. The van der Waals surface area contributed by atoms with Crippen LogP contribution in [0.2, 0.25) is 0 Å². The normalized spacial score (nSPS) is 19.8. The Morgan fingerprint density at radius 1 is 1.09 bits per heavy atom. The highest BCUT2D eigenvalue weighted by atomic mass is 32.2. The van der Waals surface area contributed by atoms with Gasteiger partial charge in [-0.1, -0.05) is 11.2 Å². The molecule has 1 N–H and O–H groups in total. The van der Waals surface area contributed by atoms with Crippen LogP contribution < -0.4 is 9.62 Å². The average Bonchev–Trinajstić information content (AvgIpc) is 3.47. The number of anilines is 1. The van der Waals surface area contributed by atoms with E-state index in [2.05, 4.69) is 45.8 Å². The number of nitrogens with one attached hydrogen (secondary N) is 1. The van der Waals surface area contributed by atoms with Crippen LogP contribution in [0.25, 0.3) is 10.6 Å². The second-order valence-corrected chi connectivity index (χ2v) is 11.7. The van der Waals surface area contributed by atoms with E-state index < -0.39 is 10.0 Å². The molecule has 9 heteroatoms. The Morgan fingerprint density at radius 2 is 1.91 bits per heavy atom. The predicted octanol–water partition coefficient (Wildman–Crippen LogP) is 3.30. The molecular formula is C23H28N4O3S2. The molecule has 32 heavy (non-hydrogen) atoms. The van der Waals surface area contributed by atoms with E-state index in [1.807, 2.05) is 0 Å². The number of sulfonamides is 1. The molecule has 2 aromatic heterocycles.